The number of ether oxygens (including phenoxy) is 1. The Hall–Kier alpha value is -3.33. The van der Waals surface area contributed by atoms with Crippen LogP contribution in [0.2, 0.25) is 0 Å². The summed E-state index contributed by atoms with van der Waals surface area (Å²) in [5, 5.41) is 9.64. The van der Waals surface area contributed by atoms with Gasteiger partial charge in [-0.3, -0.25) is 14.2 Å². The van der Waals surface area contributed by atoms with E-state index in [-0.39, 0.29) is 29.5 Å². The molecule has 2 aromatic carbocycles. The average molecular weight is 564 g/mol. The molecule has 2 heterocycles. The Bertz CT molecular complexity index is 1260. The van der Waals surface area contributed by atoms with Gasteiger partial charge in [0.25, 0.3) is 0 Å². The number of carbonyl (C=O) groups excluding carboxylic acids is 2. The third kappa shape index (κ3) is 7.05. The third-order valence-electron chi connectivity index (χ3n) is 7.57. The summed E-state index contributed by atoms with van der Waals surface area (Å²) in [5.74, 6) is 2.09. The molecule has 3 aromatic rings. The lowest BCUT2D eigenvalue weighted by Gasteiger charge is -2.41. The van der Waals surface area contributed by atoms with E-state index in [1.807, 2.05) is 63.8 Å². The zero-order valence-corrected chi connectivity index (χ0v) is 24.9. The van der Waals surface area contributed by atoms with Gasteiger partial charge in [0.1, 0.15) is 11.6 Å². The molecule has 1 aliphatic rings. The smallest absolute Gasteiger partial charge is 0.233 e. The van der Waals surface area contributed by atoms with E-state index in [0.29, 0.717) is 37.0 Å². The van der Waals surface area contributed by atoms with Crippen LogP contribution in [0, 0.1) is 5.92 Å². The van der Waals surface area contributed by atoms with Gasteiger partial charge in [0.2, 0.25) is 11.8 Å². The summed E-state index contributed by atoms with van der Waals surface area (Å²) in [6, 6.07) is 17.9. The summed E-state index contributed by atoms with van der Waals surface area (Å²) < 4.78 is 7.63. The van der Waals surface area contributed by atoms with E-state index in [0.717, 1.165) is 42.8 Å². The fourth-order valence-electron chi connectivity index (χ4n) is 5.26. The summed E-state index contributed by atoms with van der Waals surface area (Å²) >= 11 is 1.38. The number of benzene rings is 2. The van der Waals surface area contributed by atoms with Crippen LogP contribution in [0.3, 0.4) is 0 Å². The Kier molecular flexibility index (Phi) is 10.6. The van der Waals surface area contributed by atoms with E-state index in [2.05, 4.69) is 36.2 Å². The van der Waals surface area contributed by atoms with Gasteiger partial charge in [-0.25, -0.2) is 0 Å². The number of hydrogen-bond donors (Lipinski definition) is 0. The van der Waals surface area contributed by atoms with E-state index in [1.165, 1.54) is 11.8 Å². The Balaban J connectivity index is 1.45. The highest BCUT2D eigenvalue weighted by atomic mass is 32.2. The lowest BCUT2D eigenvalue weighted by Crippen LogP contribution is -2.56. The summed E-state index contributed by atoms with van der Waals surface area (Å²) in [6.07, 6.45) is 4.57. The first kappa shape index (κ1) is 29.6. The number of aromatic nitrogens is 3. The van der Waals surface area contributed by atoms with Gasteiger partial charge in [0, 0.05) is 38.0 Å². The summed E-state index contributed by atoms with van der Waals surface area (Å²) in [6.45, 7) is 7.98. The highest BCUT2D eigenvalue weighted by Gasteiger charge is 2.32. The van der Waals surface area contributed by atoms with E-state index < -0.39 is 0 Å². The number of rotatable bonds is 12. The maximum absolute atomic E-state index is 13.3. The minimum Gasteiger partial charge on any atom is -0.495 e. The molecule has 8 nitrogen and oxygen atoms in total. The maximum Gasteiger partial charge on any atom is 0.233 e. The number of thioether (sulfide) groups is 1. The number of hydrogen-bond acceptors (Lipinski definition) is 6. The molecule has 0 aliphatic carbocycles. The van der Waals surface area contributed by atoms with Crippen LogP contribution in [-0.2, 0) is 16.0 Å². The normalized spacial score (nSPS) is 16.1. The van der Waals surface area contributed by atoms with E-state index in [1.54, 1.807) is 7.11 Å². The van der Waals surface area contributed by atoms with Crippen molar-refractivity contribution in [3.05, 3.63) is 66.0 Å². The Morgan fingerprint density at radius 1 is 1.05 bits per heavy atom. The maximum atomic E-state index is 13.3. The van der Waals surface area contributed by atoms with E-state index >= 15 is 0 Å². The predicted molar refractivity (Wildman–Crippen MR) is 159 cm³/mol. The molecule has 1 aromatic heterocycles. The lowest BCUT2D eigenvalue weighted by atomic mass is 9.96. The van der Waals surface area contributed by atoms with Crippen LogP contribution in [0.1, 0.15) is 57.8 Å². The van der Waals surface area contributed by atoms with Crippen LogP contribution in [-0.4, -0.2) is 74.9 Å². The highest BCUT2D eigenvalue weighted by Crippen LogP contribution is 2.30. The van der Waals surface area contributed by atoms with Crippen molar-refractivity contribution < 1.29 is 14.3 Å². The number of methoxy groups -OCH3 is 1. The first-order chi connectivity index (χ1) is 19.5. The molecule has 1 saturated heterocycles. The quantitative estimate of drug-likeness (QED) is 0.281. The molecule has 0 radical (unpaired) electrons. The molecule has 0 saturated carbocycles. The predicted octanol–water partition coefficient (Wildman–Crippen LogP) is 5.23. The van der Waals surface area contributed by atoms with Crippen molar-refractivity contribution in [1.29, 1.82) is 0 Å². The number of piperazine rings is 1. The van der Waals surface area contributed by atoms with Crippen molar-refractivity contribution in [2.24, 2.45) is 5.92 Å². The number of nitrogens with zero attached hydrogens (tertiary/aromatic N) is 5. The zero-order chi connectivity index (χ0) is 28.5. The van der Waals surface area contributed by atoms with Crippen molar-refractivity contribution in [1.82, 2.24) is 24.6 Å². The minimum absolute atomic E-state index is 0.000541. The molecule has 0 N–H and O–H groups in total. The average Bonchev–Trinajstić information content (AvgIpc) is 3.38. The fourth-order valence-corrected chi connectivity index (χ4v) is 6.13. The highest BCUT2D eigenvalue weighted by molar-refractivity contribution is 7.99. The second kappa shape index (κ2) is 14.3. The molecular weight excluding hydrogens is 522 g/mol. The van der Waals surface area contributed by atoms with Gasteiger partial charge in [-0.15, -0.1) is 10.2 Å². The largest absolute Gasteiger partial charge is 0.495 e. The molecule has 2 unspecified atom stereocenters. The van der Waals surface area contributed by atoms with Gasteiger partial charge in [0.05, 0.1) is 18.6 Å². The van der Waals surface area contributed by atoms with Crippen molar-refractivity contribution in [3.63, 3.8) is 0 Å². The van der Waals surface area contributed by atoms with Crippen LogP contribution in [0.25, 0.3) is 5.69 Å². The number of amides is 2. The number of carbonyl (C=O) groups is 2. The molecule has 4 rings (SSSR count). The molecule has 0 spiro atoms. The Morgan fingerprint density at radius 2 is 1.80 bits per heavy atom. The summed E-state index contributed by atoms with van der Waals surface area (Å²) in [5.41, 5.74) is 1.96. The number of para-hydroxylation sites is 2. The molecule has 40 heavy (non-hydrogen) atoms. The van der Waals surface area contributed by atoms with E-state index in [4.69, 9.17) is 4.74 Å². The molecule has 2 atom stereocenters. The molecule has 1 fully saturated rings. The van der Waals surface area contributed by atoms with Crippen molar-refractivity contribution in [3.8, 4) is 11.4 Å². The van der Waals surface area contributed by atoms with Crippen LogP contribution in [0.4, 0.5) is 0 Å². The van der Waals surface area contributed by atoms with Gasteiger partial charge in [0.15, 0.2) is 5.16 Å². The van der Waals surface area contributed by atoms with Crippen LogP contribution < -0.4 is 4.74 Å². The van der Waals surface area contributed by atoms with Crippen LogP contribution in [0.5, 0.6) is 5.75 Å². The second-order valence-electron chi connectivity index (χ2n) is 10.3. The fraction of sp³-hybridized carbons (Fsp3) is 0.484. The molecule has 1 aliphatic heterocycles. The molecule has 9 heteroatoms. The summed E-state index contributed by atoms with van der Waals surface area (Å²) in [4.78, 5) is 30.4. The monoisotopic (exact) mass is 563 g/mol. The standard InChI is InChI=1S/C31H41N5O3S/c1-5-7-15-25(6-2)30(38)35-19-18-34(21-23(35)3)29(37)22-40-31-33-32-28(20-24-13-9-8-10-14-24)36(31)26-16-11-12-17-27(26)39-4/h8-14,16-17,23,25H,5-7,15,18-22H2,1-4H3. The SMILES string of the molecule is CCCCC(CC)C(=O)N1CCN(C(=O)CSc2nnc(Cc3ccccc3)n2-c2ccccc2OC)CC1C. The Labute approximate surface area is 242 Å². The van der Waals surface area contributed by atoms with Crippen molar-refractivity contribution in [2.45, 2.75) is 64.1 Å². The summed E-state index contributed by atoms with van der Waals surface area (Å²) in [7, 11) is 1.65. The van der Waals surface area contributed by atoms with Crippen molar-refractivity contribution >= 4 is 23.6 Å². The molecule has 2 amide bonds. The van der Waals surface area contributed by atoms with Crippen molar-refractivity contribution in [2.75, 3.05) is 32.5 Å². The van der Waals surface area contributed by atoms with Gasteiger partial charge in [-0.2, -0.15) is 0 Å². The number of unbranched alkanes of at least 4 members (excludes halogenated alkanes) is 1. The zero-order valence-electron chi connectivity index (χ0n) is 24.1. The van der Waals surface area contributed by atoms with Gasteiger partial charge in [-0.05, 0) is 37.5 Å². The van der Waals surface area contributed by atoms with Gasteiger partial charge in [-0.1, -0.05) is 80.9 Å². The van der Waals surface area contributed by atoms with Gasteiger partial charge < -0.3 is 14.5 Å². The Morgan fingerprint density at radius 3 is 2.50 bits per heavy atom. The molecular formula is C31H41N5O3S. The first-order valence-corrected chi connectivity index (χ1v) is 15.3. The van der Waals surface area contributed by atoms with E-state index in [9.17, 15) is 9.59 Å². The molecule has 214 valence electrons. The second-order valence-corrected chi connectivity index (χ2v) is 11.3. The first-order valence-electron chi connectivity index (χ1n) is 14.3. The third-order valence-corrected chi connectivity index (χ3v) is 8.48. The van der Waals surface area contributed by atoms with Gasteiger partial charge >= 0.3 is 0 Å². The topological polar surface area (TPSA) is 80.6 Å². The van der Waals surface area contributed by atoms with Crippen LogP contribution in [0.15, 0.2) is 59.8 Å². The molecule has 0 bridgehead atoms. The minimum atomic E-state index is 0.000541. The van der Waals surface area contributed by atoms with Crippen LogP contribution >= 0.6 is 11.8 Å². The lowest BCUT2D eigenvalue weighted by molar-refractivity contribution is -0.144.